The fourth-order valence-corrected chi connectivity index (χ4v) is 2.89. The second-order valence-electron chi connectivity index (χ2n) is 5.06. The summed E-state index contributed by atoms with van der Waals surface area (Å²) < 4.78 is 0. The Morgan fingerprint density at radius 1 is 1.17 bits per heavy atom. The van der Waals surface area contributed by atoms with Crippen molar-refractivity contribution in [1.82, 2.24) is 10.2 Å². The maximum Gasteiger partial charge on any atom is 0.261 e. The minimum absolute atomic E-state index is 0.0265. The SMILES string of the molecule is C[C@H]1CNCC[C@H]1N1C(=O)c2ccccc2C1=O. The number of imide groups is 1. The van der Waals surface area contributed by atoms with E-state index in [9.17, 15) is 9.59 Å². The predicted molar refractivity (Wildman–Crippen MR) is 67.4 cm³/mol. The Balaban J connectivity index is 1.96. The Kier molecular flexibility index (Phi) is 2.67. The molecule has 2 amide bonds. The number of hydrogen-bond acceptors (Lipinski definition) is 3. The smallest absolute Gasteiger partial charge is 0.261 e. The lowest BCUT2D eigenvalue weighted by Gasteiger charge is -2.35. The Labute approximate surface area is 106 Å². The lowest BCUT2D eigenvalue weighted by Crippen LogP contribution is -2.50. The van der Waals surface area contributed by atoms with Gasteiger partial charge in [0, 0.05) is 6.04 Å². The molecule has 0 aliphatic carbocycles. The number of carbonyl (C=O) groups excluding carboxylic acids is 2. The van der Waals surface area contributed by atoms with Gasteiger partial charge in [-0.15, -0.1) is 0 Å². The van der Waals surface area contributed by atoms with Crippen molar-refractivity contribution >= 4 is 11.8 Å². The van der Waals surface area contributed by atoms with Gasteiger partial charge in [0.25, 0.3) is 11.8 Å². The second-order valence-corrected chi connectivity index (χ2v) is 5.06. The number of amides is 2. The third kappa shape index (κ3) is 1.56. The summed E-state index contributed by atoms with van der Waals surface area (Å²) in [5, 5.41) is 3.29. The number of carbonyl (C=O) groups is 2. The van der Waals surface area contributed by atoms with Crippen molar-refractivity contribution in [1.29, 1.82) is 0 Å². The van der Waals surface area contributed by atoms with Crippen molar-refractivity contribution in [3.05, 3.63) is 35.4 Å². The van der Waals surface area contributed by atoms with Crippen LogP contribution in [0, 0.1) is 5.92 Å². The topological polar surface area (TPSA) is 49.4 Å². The summed E-state index contributed by atoms with van der Waals surface area (Å²) in [6.45, 7) is 3.81. The van der Waals surface area contributed by atoms with Crippen molar-refractivity contribution in [2.75, 3.05) is 13.1 Å². The molecule has 4 nitrogen and oxygen atoms in total. The van der Waals surface area contributed by atoms with Crippen molar-refractivity contribution in [3.8, 4) is 0 Å². The van der Waals surface area contributed by atoms with Crippen LogP contribution in [0.25, 0.3) is 0 Å². The number of benzene rings is 1. The van der Waals surface area contributed by atoms with E-state index in [-0.39, 0.29) is 17.9 Å². The van der Waals surface area contributed by atoms with E-state index < -0.39 is 0 Å². The summed E-state index contributed by atoms with van der Waals surface area (Å²) >= 11 is 0. The molecule has 0 saturated carbocycles. The van der Waals surface area contributed by atoms with E-state index in [0.717, 1.165) is 19.5 Å². The number of nitrogens with zero attached hydrogens (tertiary/aromatic N) is 1. The van der Waals surface area contributed by atoms with E-state index in [1.165, 1.54) is 4.90 Å². The molecule has 2 aliphatic heterocycles. The van der Waals surface area contributed by atoms with Crippen LogP contribution in [0.2, 0.25) is 0 Å². The van der Waals surface area contributed by atoms with Crippen LogP contribution in [0.1, 0.15) is 34.1 Å². The number of piperidine rings is 1. The van der Waals surface area contributed by atoms with Gasteiger partial charge < -0.3 is 5.32 Å². The highest BCUT2D eigenvalue weighted by molar-refractivity contribution is 6.21. The van der Waals surface area contributed by atoms with Crippen LogP contribution in [-0.4, -0.2) is 35.8 Å². The maximum absolute atomic E-state index is 12.3. The maximum atomic E-state index is 12.3. The Bertz CT molecular complexity index is 477. The standard InChI is InChI=1S/C14H16N2O2/c1-9-8-15-7-6-12(9)16-13(17)10-4-2-3-5-11(10)14(16)18/h2-5,9,12,15H,6-8H2,1H3/t9-,12+/m0/s1. The quantitative estimate of drug-likeness (QED) is 0.757. The molecule has 18 heavy (non-hydrogen) atoms. The molecule has 1 saturated heterocycles. The molecule has 1 aromatic rings. The molecule has 4 heteroatoms. The number of fused-ring (bicyclic) bond motifs is 1. The third-order valence-electron chi connectivity index (χ3n) is 3.90. The third-order valence-corrected chi connectivity index (χ3v) is 3.90. The molecule has 0 bridgehead atoms. The Hall–Kier alpha value is -1.68. The first kappa shape index (κ1) is 11.4. The molecule has 0 unspecified atom stereocenters. The summed E-state index contributed by atoms with van der Waals surface area (Å²) in [5.74, 6) is 0.0460. The van der Waals surface area contributed by atoms with Crippen LogP contribution in [0.4, 0.5) is 0 Å². The highest BCUT2D eigenvalue weighted by Crippen LogP contribution is 2.29. The predicted octanol–water partition coefficient (Wildman–Crippen LogP) is 1.28. The summed E-state index contributed by atoms with van der Waals surface area (Å²) in [4.78, 5) is 26.1. The van der Waals surface area contributed by atoms with Crippen molar-refractivity contribution in [3.63, 3.8) is 0 Å². The molecule has 1 N–H and O–H groups in total. The highest BCUT2D eigenvalue weighted by Gasteiger charge is 2.41. The van der Waals surface area contributed by atoms with Crippen molar-refractivity contribution in [2.45, 2.75) is 19.4 Å². The molecule has 1 fully saturated rings. The van der Waals surface area contributed by atoms with Crippen LogP contribution in [0.15, 0.2) is 24.3 Å². The van der Waals surface area contributed by atoms with Gasteiger partial charge in [0.15, 0.2) is 0 Å². The lowest BCUT2D eigenvalue weighted by molar-refractivity contribution is 0.0499. The van der Waals surface area contributed by atoms with Gasteiger partial charge in [-0.2, -0.15) is 0 Å². The first-order valence-electron chi connectivity index (χ1n) is 6.38. The van der Waals surface area contributed by atoms with E-state index in [1.54, 1.807) is 24.3 Å². The second kappa shape index (κ2) is 4.21. The van der Waals surface area contributed by atoms with Gasteiger partial charge in [-0.05, 0) is 37.6 Å². The van der Waals surface area contributed by atoms with Crippen LogP contribution in [0.3, 0.4) is 0 Å². The van der Waals surface area contributed by atoms with Gasteiger partial charge in [-0.3, -0.25) is 14.5 Å². The van der Waals surface area contributed by atoms with E-state index in [0.29, 0.717) is 17.0 Å². The largest absolute Gasteiger partial charge is 0.316 e. The molecule has 2 heterocycles. The fourth-order valence-electron chi connectivity index (χ4n) is 2.89. The Morgan fingerprint density at radius 3 is 2.33 bits per heavy atom. The first-order valence-corrected chi connectivity index (χ1v) is 6.38. The molecule has 0 spiro atoms. The normalized spacial score (nSPS) is 27.5. The Morgan fingerprint density at radius 2 is 1.78 bits per heavy atom. The first-order chi connectivity index (χ1) is 8.70. The molecular weight excluding hydrogens is 228 g/mol. The van der Waals surface area contributed by atoms with Gasteiger partial charge in [-0.25, -0.2) is 0 Å². The van der Waals surface area contributed by atoms with E-state index in [1.807, 2.05) is 0 Å². The average molecular weight is 244 g/mol. The van der Waals surface area contributed by atoms with Gasteiger partial charge in [-0.1, -0.05) is 19.1 Å². The van der Waals surface area contributed by atoms with Crippen molar-refractivity contribution < 1.29 is 9.59 Å². The summed E-state index contributed by atoms with van der Waals surface area (Å²) in [7, 11) is 0. The van der Waals surface area contributed by atoms with E-state index >= 15 is 0 Å². The zero-order chi connectivity index (χ0) is 12.7. The van der Waals surface area contributed by atoms with Crippen LogP contribution in [-0.2, 0) is 0 Å². The molecule has 2 aliphatic rings. The molecule has 2 atom stereocenters. The van der Waals surface area contributed by atoms with E-state index in [4.69, 9.17) is 0 Å². The molecule has 1 aromatic carbocycles. The zero-order valence-corrected chi connectivity index (χ0v) is 10.3. The minimum Gasteiger partial charge on any atom is -0.316 e. The minimum atomic E-state index is -0.130. The number of hydrogen-bond donors (Lipinski definition) is 1. The fraction of sp³-hybridized carbons (Fsp3) is 0.429. The van der Waals surface area contributed by atoms with Gasteiger partial charge in [0.05, 0.1) is 11.1 Å². The molecule has 0 radical (unpaired) electrons. The summed E-state index contributed by atoms with van der Waals surface area (Å²) in [6.07, 6.45) is 0.840. The van der Waals surface area contributed by atoms with Crippen LogP contribution in [0.5, 0.6) is 0 Å². The summed E-state index contributed by atoms with van der Waals surface area (Å²) in [5.41, 5.74) is 1.10. The summed E-state index contributed by atoms with van der Waals surface area (Å²) in [6, 6.07) is 7.11. The van der Waals surface area contributed by atoms with Gasteiger partial charge in [0.2, 0.25) is 0 Å². The van der Waals surface area contributed by atoms with Gasteiger partial charge >= 0.3 is 0 Å². The molecular formula is C14H16N2O2. The van der Waals surface area contributed by atoms with Crippen LogP contribution < -0.4 is 5.32 Å². The molecule has 94 valence electrons. The van der Waals surface area contributed by atoms with Crippen LogP contribution >= 0.6 is 0 Å². The monoisotopic (exact) mass is 244 g/mol. The number of rotatable bonds is 1. The molecule has 0 aromatic heterocycles. The lowest BCUT2D eigenvalue weighted by atomic mass is 9.94. The van der Waals surface area contributed by atoms with Gasteiger partial charge in [0.1, 0.15) is 0 Å². The van der Waals surface area contributed by atoms with Crippen molar-refractivity contribution in [2.24, 2.45) is 5.92 Å². The average Bonchev–Trinajstić information content (AvgIpc) is 2.64. The zero-order valence-electron chi connectivity index (χ0n) is 10.3. The molecule has 3 rings (SSSR count). The van der Waals surface area contributed by atoms with E-state index in [2.05, 4.69) is 12.2 Å². The highest BCUT2D eigenvalue weighted by atomic mass is 16.2. The number of nitrogens with one attached hydrogen (secondary N) is 1.